The highest BCUT2D eigenvalue weighted by atomic mass is 32.1. The predicted octanol–water partition coefficient (Wildman–Crippen LogP) is 3.67. The van der Waals surface area contributed by atoms with Gasteiger partial charge in [0.1, 0.15) is 0 Å². The molecule has 0 saturated heterocycles. The molecule has 0 amide bonds. The maximum atomic E-state index is 11.1. The lowest BCUT2D eigenvalue weighted by molar-refractivity contribution is -0.107. The Morgan fingerprint density at radius 3 is 1.56 bits per heavy atom. The fraction of sp³-hybridized carbons (Fsp3) is 0. The third-order valence-electron chi connectivity index (χ3n) is 2.27. The largest absolute Gasteiger partial charge is 0.298 e. The summed E-state index contributed by atoms with van der Waals surface area (Å²) < 4.78 is 0. The van der Waals surface area contributed by atoms with E-state index in [4.69, 9.17) is 0 Å². The number of carbonyl (C=O) groups excluding carboxylic acids is 2. The van der Waals surface area contributed by atoms with Gasteiger partial charge in [-0.3, -0.25) is 9.59 Å². The number of thiophene rings is 2. The normalized spacial score (nSPS) is 12.4. The first-order valence-electron chi connectivity index (χ1n) is 5.24. The molecule has 0 aromatic carbocycles. The smallest absolute Gasteiger partial charge is 0.150 e. The molecule has 2 rings (SSSR count). The van der Waals surface area contributed by atoms with E-state index < -0.39 is 0 Å². The van der Waals surface area contributed by atoms with Crippen molar-refractivity contribution in [3.8, 4) is 0 Å². The molecule has 0 fully saturated rings. The van der Waals surface area contributed by atoms with Crippen LogP contribution >= 0.6 is 22.7 Å². The zero-order valence-electron chi connectivity index (χ0n) is 9.41. The van der Waals surface area contributed by atoms with E-state index in [0.29, 0.717) is 23.7 Å². The highest BCUT2D eigenvalue weighted by Crippen LogP contribution is 2.19. The first kappa shape index (κ1) is 12.7. The quantitative estimate of drug-likeness (QED) is 0.473. The predicted molar refractivity (Wildman–Crippen MR) is 76.7 cm³/mol. The van der Waals surface area contributed by atoms with Crippen LogP contribution in [0.25, 0.3) is 12.2 Å². The fourth-order valence-corrected chi connectivity index (χ4v) is 2.76. The van der Waals surface area contributed by atoms with Crippen LogP contribution in [0.3, 0.4) is 0 Å². The molecule has 0 aliphatic heterocycles. The Morgan fingerprint density at radius 2 is 1.28 bits per heavy atom. The molecule has 0 atom stereocenters. The van der Waals surface area contributed by atoms with Gasteiger partial charge in [0.25, 0.3) is 0 Å². The van der Waals surface area contributed by atoms with Crippen molar-refractivity contribution in [2.75, 3.05) is 0 Å². The minimum absolute atomic E-state index is 0.404. The topological polar surface area (TPSA) is 34.1 Å². The molecular weight excluding hydrogens is 264 g/mol. The molecule has 0 spiro atoms. The summed E-state index contributed by atoms with van der Waals surface area (Å²) in [6.07, 6.45) is 4.89. The van der Waals surface area contributed by atoms with Crippen LogP contribution in [-0.2, 0) is 9.59 Å². The Kier molecular flexibility index (Phi) is 4.39. The number of allylic oxidation sites excluding steroid dienone is 2. The van der Waals surface area contributed by atoms with Crippen molar-refractivity contribution in [2.24, 2.45) is 0 Å². The molecule has 18 heavy (non-hydrogen) atoms. The van der Waals surface area contributed by atoms with E-state index in [-0.39, 0.29) is 0 Å². The molecule has 0 radical (unpaired) electrons. The zero-order chi connectivity index (χ0) is 12.8. The second-order valence-electron chi connectivity index (χ2n) is 3.47. The fourth-order valence-electron chi connectivity index (χ4n) is 1.42. The summed E-state index contributed by atoms with van der Waals surface area (Å²) in [4.78, 5) is 24.1. The molecule has 0 N–H and O–H groups in total. The third kappa shape index (κ3) is 3.12. The van der Waals surface area contributed by atoms with Crippen LogP contribution in [0.15, 0.2) is 46.2 Å². The van der Waals surface area contributed by atoms with Crippen molar-refractivity contribution in [1.82, 2.24) is 0 Å². The van der Waals surface area contributed by atoms with E-state index in [9.17, 15) is 9.59 Å². The molecule has 2 nitrogen and oxygen atoms in total. The Bertz CT molecular complexity index is 521. The summed E-state index contributed by atoms with van der Waals surface area (Å²) in [6.45, 7) is 0. The molecule has 0 unspecified atom stereocenters. The van der Waals surface area contributed by atoms with Gasteiger partial charge < -0.3 is 0 Å². The lowest BCUT2D eigenvalue weighted by atomic mass is 10.1. The zero-order valence-corrected chi connectivity index (χ0v) is 11.0. The summed E-state index contributed by atoms with van der Waals surface area (Å²) in [6, 6.07) is 7.62. The van der Waals surface area contributed by atoms with Crippen molar-refractivity contribution in [1.29, 1.82) is 0 Å². The van der Waals surface area contributed by atoms with Gasteiger partial charge in [-0.15, -0.1) is 22.7 Å². The highest BCUT2D eigenvalue weighted by molar-refractivity contribution is 7.11. The summed E-state index contributed by atoms with van der Waals surface area (Å²) in [5, 5.41) is 3.86. The lowest BCUT2D eigenvalue weighted by Gasteiger charge is -1.97. The second-order valence-corrected chi connectivity index (χ2v) is 5.42. The Morgan fingerprint density at radius 1 is 0.833 bits per heavy atom. The van der Waals surface area contributed by atoms with Crippen LogP contribution in [-0.4, -0.2) is 12.6 Å². The average Bonchev–Trinajstić information content (AvgIpc) is 3.06. The van der Waals surface area contributed by atoms with Gasteiger partial charge in [-0.25, -0.2) is 0 Å². The number of hydrogen-bond acceptors (Lipinski definition) is 4. The van der Waals surface area contributed by atoms with Gasteiger partial charge in [0, 0.05) is 20.9 Å². The van der Waals surface area contributed by atoms with Gasteiger partial charge in [-0.2, -0.15) is 0 Å². The number of hydrogen-bond donors (Lipinski definition) is 0. The van der Waals surface area contributed by atoms with E-state index in [0.717, 1.165) is 9.75 Å². The van der Waals surface area contributed by atoms with Gasteiger partial charge in [-0.05, 0) is 35.0 Å². The first-order valence-corrected chi connectivity index (χ1v) is 7.00. The minimum atomic E-state index is 0.404. The third-order valence-corrected chi connectivity index (χ3v) is 3.91. The average molecular weight is 274 g/mol. The first-order chi connectivity index (χ1) is 8.83. The SMILES string of the molecule is O=CC(=Cc1cccs1)C(C=O)=Cc1cccs1. The van der Waals surface area contributed by atoms with E-state index in [1.54, 1.807) is 12.2 Å². The molecule has 0 saturated carbocycles. The van der Waals surface area contributed by atoms with Crippen LogP contribution in [0.4, 0.5) is 0 Å². The maximum Gasteiger partial charge on any atom is 0.150 e. The minimum Gasteiger partial charge on any atom is -0.298 e. The summed E-state index contributed by atoms with van der Waals surface area (Å²) in [5.41, 5.74) is 0.807. The second kappa shape index (κ2) is 6.23. The molecule has 0 aliphatic carbocycles. The Balaban J connectivity index is 2.36. The van der Waals surface area contributed by atoms with Crippen LogP contribution < -0.4 is 0 Å². The highest BCUT2D eigenvalue weighted by Gasteiger charge is 2.05. The van der Waals surface area contributed by atoms with Crippen LogP contribution in [0, 0.1) is 0 Å². The van der Waals surface area contributed by atoms with Crippen LogP contribution in [0.2, 0.25) is 0 Å². The molecular formula is C14H10O2S2. The molecule has 2 heterocycles. The van der Waals surface area contributed by atoms with E-state index in [1.165, 1.54) is 22.7 Å². The Hall–Kier alpha value is -1.78. The lowest BCUT2D eigenvalue weighted by Crippen LogP contribution is -1.92. The molecule has 2 aromatic rings. The van der Waals surface area contributed by atoms with E-state index in [1.807, 2.05) is 35.0 Å². The molecule has 4 heteroatoms. The molecule has 0 aliphatic rings. The van der Waals surface area contributed by atoms with E-state index >= 15 is 0 Å². The number of aldehydes is 2. The summed E-state index contributed by atoms with van der Waals surface area (Å²) in [7, 11) is 0. The van der Waals surface area contributed by atoms with E-state index in [2.05, 4.69) is 0 Å². The van der Waals surface area contributed by atoms with Gasteiger partial charge in [-0.1, -0.05) is 12.1 Å². The molecule has 90 valence electrons. The standard InChI is InChI=1S/C14H10O2S2/c15-9-11(7-13-3-1-5-17-13)12(10-16)8-14-4-2-6-18-14/h1-10H. The summed E-state index contributed by atoms with van der Waals surface area (Å²) in [5.74, 6) is 0. The van der Waals surface area contributed by atoms with Crippen molar-refractivity contribution < 1.29 is 9.59 Å². The maximum absolute atomic E-state index is 11.1. The van der Waals surface area contributed by atoms with Gasteiger partial charge in [0.15, 0.2) is 12.6 Å². The van der Waals surface area contributed by atoms with Crippen molar-refractivity contribution >= 4 is 47.4 Å². The van der Waals surface area contributed by atoms with Crippen molar-refractivity contribution in [3.05, 3.63) is 55.9 Å². The van der Waals surface area contributed by atoms with Crippen LogP contribution in [0.5, 0.6) is 0 Å². The van der Waals surface area contributed by atoms with Gasteiger partial charge >= 0.3 is 0 Å². The van der Waals surface area contributed by atoms with Gasteiger partial charge in [0.05, 0.1) is 0 Å². The number of rotatable bonds is 5. The van der Waals surface area contributed by atoms with Crippen molar-refractivity contribution in [3.63, 3.8) is 0 Å². The number of carbonyl (C=O) groups is 2. The van der Waals surface area contributed by atoms with Gasteiger partial charge in [0.2, 0.25) is 0 Å². The van der Waals surface area contributed by atoms with Crippen LogP contribution in [0.1, 0.15) is 9.75 Å². The van der Waals surface area contributed by atoms with Crippen molar-refractivity contribution in [2.45, 2.75) is 0 Å². The summed E-state index contributed by atoms with van der Waals surface area (Å²) >= 11 is 3.05. The monoisotopic (exact) mass is 274 g/mol. The Labute approximate surface area is 113 Å². The molecule has 2 aromatic heterocycles. The molecule has 0 bridgehead atoms.